The van der Waals surface area contributed by atoms with E-state index in [0.717, 1.165) is 6.42 Å². The average Bonchev–Trinajstić information content (AvgIpc) is 2.87. The maximum Gasteiger partial charge on any atom is 0.356 e. The number of aromatic nitrogens is 2. The largest absolute Gasteiger partial charge is 0.476 e. The minimum atomic E-state index is -0.987. The number of carboxylic acids is 1. The molecule has 0 bridgehead atoms. The van der Waals surface area contributed by atoms with Gasteiger partial charge >= 0.3 is 5.97 Å². The Morgan fingerprint density at radius 2 is 2.25 bits per heavy atom. The molecule has 0 spiro atoms. The highest BCUT2D eigenvalue weighted by molar-refractivity contribution is 7.11. The van der Waals surface area contributed by atoms with Crippen LogP contribution in [0.5, 0.6) is 0 Å². The van der Waals surface area contributed by atoms with Gasteiger partial charge in [-0.25, -0.2) is 9.78 Å². The molecule has 2 heterocycles. The normalized spacial score (nSPS) is 10.6. The summed E-state index contributed by atoms with van der Waals surface area (Å²) in [7, 11) is 0. The van der Waals surface area contributed by atoms with E-state index in [9.17, 15) is 4.79 Å². The molecule has 2 aromatic heterocycles. The van der Waals surface area contributed by atoms with Crippen LogP contribution in [0.25, 0.3) is 0 Å². The lowest BCUT2D eigenvalue weighted by atomic mass is 10.3. The van der Waals surface area contributed by atoms with Gasteiger partial charge in [0.1, 0.15) is 0 Å². The number of carbonyl (C=O) groups is 1. The molecule has 0 atom stereocenters. The summed E-state index contributed by atoms with van der Waals surface area (Å²) in [6, 6.07) is 4.18. The Balaban J connectivity index is 2.11. The summed E-state index contributed by atoms with van der Waals surface area (Å²) in [6.07, 6.45) is 4.14. The molecule has 0 aliphatic heterocycles. The lowest BCUT2D eigenvalue weighted by molar-refractivity contribution is 0.0691. The minimum absolute atomic E-state index is 0.0901. The monoisotopic (exact) mass is 236 g/mol. The summed E-state index contributed by atoms with van der Waals surface area (Å²) in [6.45, 7) is 2.81. The molecule has 0 saturated carbocycles. The zero-order valence-electron chi connectivity index (χ0n) is 8.88. The van der Waals surface area contributed by atoms with E-state index < -0.39 is 5.97 Å². The molecule has 4 nitrogen and oxygen atoms in total. The van der Waals surface area contributed by atoms with Gasteiger partial charge in [-0.2, -0.15) is 0 Å². The van der Waals surface area contributed by atoms with Crippen LogP contribution in [0.2, 0.25) is 0 Å². The van der Waals surface area contributed by atoms with Crippen molar-refractivity contribution in [2.45, 2.75) is 19.9 Å². The van der Waals surface area contributed by atoms with Gasteiger partial charge in [-0.1, -0.05) is 6.92 Å². The molecule has 0 amide bonds. The van der Waals surface area contributed by atoms with Crippen molar-refractivity contribution in [1.82, 2.24) is 9.55 Å². The van der Waals surface area contributed by atoms with Gasteiger partial charge in [0.2, 0.25) is 0 Å². The number of carboxylic acid groups (broad SMARTS) is 1. The third-order valence-electron chi connectivity index (χ3n) is 2.26. The summed E-state index contributed by atoms with van der Waals surface area (Å²) in [5.74, 6) is -0.987. The third-order valence-corrected chi connectivity index (χ3v) is 3.47. The Hall–Kier alpha value is -1.62. The van der Waals surface area contributed by atoms with Crippen molar-refractivity contribution in [2.24, 2.45) is 0 Å². The molecule has 0 unspecified atom stereocenters. The van der Waals surface area contributed by atoms with E-state index in [-0.39, 0.29) is 5.69 Å². The van der Waals surface area contributed by atoms with Gasteiger partial charge < -0.3 is 9.67 Å². The first kappa shape index (κ1) is 10.9. The second-order valence-electron chi connectivity index (χ2n) is 3.46. The van der Waals surface area contributed by atoms with Crippen LogP contribution in [-0.4, -0.2) is 20.6 Å². The first-order valence-corrected chi connectivity index (χ1v) is 5.83. The Labute approximate surface area is 97.2 Å². The summed E-state index contributed by atoms with van der Waals surface area (Å²) in [5, 5.41) is 8.73. The number of thiophene rings is 1. The van der Waals surface area contributed by atoms with E-state index in [0.29, 0.717) is 6.54 Å². The van der Waals surface area contributed by atoms with Crippen molar-refractivity contribution in [1.29, 1.82) is 0 Å². The summed E-state index contributed by atoms with van der Waals surface area (Å²) >= 11 is 1.75. The SMILES string of the molecule is CCc1ccc(Cn2cnc(C(=O)O)c2)s1. The smallest absolute Gasteiger partial charge is 0.356 e. The van der Waals surface area contributed by atoms with E-state index in [4.69, 9.17) is 5.11 Å². The molecule has 0 saturated heterocycles. The zero-order chi connectivity index (χ0) is 11.5. The van der Waals surface area contributed by atoms with Crippen LogP contribution in [0.3, 0.4) is 0 Å². The molecular weight excluding hydrogens is 224 g/mol. The van der Waals surface area contributed by atoms with E-state index in [2.05, 4.69) is 24.0 Å². The molecule has 2 rings (SSSR count). The van der Waals surface area contributed by atoms with E-state index in [1.54, 1.807) is 28.4 Å². The molecule has 1 N–H and O–H groups in total. The molecule has 0 aromatic carbocycles. The fraction of sp³-hybridized carbons (Fsp3) is 0.273. The van der Waals surface area contributed by atoms with Crippen LogP contribution < -0.4 is 0 Å². The number of aryl methyl sites for hydroxylation is 1. The van der Waals surface area contributed by atoms with Crippen molar-refractivity contribution in [3.8, 4) is 0 Å². The first-order chi connectivity index (χ1) is 7.69. The van der Waals surface area contributed by atoms with E-state index in [1.165, 1.54) is 9.75 Å². The fourth-order valence-electron chi connectivity index (χ4n) is 1.43. The summed E-state index contributed by atoms with van der Waals surface area (Å²) in [4.78, 5) is 17.0. The Kier molecular flexibility index (Phi) is 3.05. The van der Waals surface area contributed by atoms with Gasteiger partial charge in [-0.15, -0.1) is 11.3 Å². The fourth-order valence-corrected chi connectivity index (χ4v) is 2.40. The van der Waals surface area contributed by atoms with Crippen molar-refractivity contribution < 1.29 is 9.90 Å². The second-order valence-corrected chi connectivity index (χ2v) is 4.71. The maximum atomic E-state index is 10.6. The predicted octanol–water partition coefficient (Wildman–Crippen LogP) is 2.25. The molecular formula is C11H12N2O2S. The average molecular weight is 236 g/mol. The number of rotatable bonds is 4. The highest BCUT2D eigenvalue weighted by Gasteiger charge is 2.07. The number of nitrogens with zero attached hydrogens (tertiary/aromatic N) is 2. The zero-order valence-corrected chi connectivity index (χ0v) is 9.70. The summed E-state index contributed by atoms with van der Waals surface area (Å²) in [5.41, 5.74) is 0.0901. The second kappa shape index (κ2) is 4.49. The molecule has 16 heavy (non-hydrogen) atoms. The van der Waals surface area contributed by atoms with Crippen molar-refractivity contribution in [3.63, 3.8) is 0 Å². The van der Waals surface area contributed by atoms with Crippen LogP contribution in [0.15, 0.2) is 24.7 Å². The van der Waals surface area contributed by atoms with Crippen LogP contribution in [0, 0.1) is 0 Å². The van der Waals surface area contributed by atoms with Crippen LogP contribution in [0.1, 0.15) is 27.2 Å². The molecule has 0 aliphatic carbocycles. The van der Waals surface area contributed by atoms with Gasteiger partial charge in [-0.3, -0.25) is 0 Å². The molecule has 0 fully saturated rings. The third kappa shape index (κ3) is 2.30. The van der Waals surface area contributed by atoms with Crippen LogP contribution in [0.4, 0.5) is 0 Å². The summed E-state index contributed by atoms with van der Waals surface area (Å²) < 4.78 is 1.79. The standard InChI is InChI=1S/C11H12N2O2S/c1-2-8-3-4-9(16-8)5-13-6-10(11(14)15)12-7-13/h3-4,6-7H,2,5H2,1H3,(H,14,15). The van der Waals surface area contributed by atoms with Gasteiger partial charge in [0.15, 0.2) is 5.69 Å². The topological polar surface area (TPSA) is 55.1 Å². The number of imidazole rings is 1. The molecule has 2 aromatic rings. The number of hydrogen-bond acceptors (Lipinski definition) is 3. The predicted molar refractivity (Wildman–Crippen MR) is 62.0 cm³/mol. The molecule has 5 heteroatoms. The van der Waals surface area contributed by atoms with Gasteiger partial charge in [0.05, 0.1) is 12.9 Å². The minimum Gasteiger partial charge on any atom is -0.476 e. The lowest BCUT2D eigenvalue weighted by Gasteiger charge is -1.97. The van der Waals surface area contributed by atoms with Gasteiger partial charge in [-0.05, 0) is 18.6 Å². The van der Waals surface area contributed by atoms with E-state index >= 15 is 0 Å². The van der Waals surface area contributed by atoms with Gasteiger partial charge in [0, 0.05) is 16.0 Å². The Morgan fingerprint density at radius 3 is 2.81 bits per heavy atom. The molecule has 84 valence electrons. The van der Waals surface area contributed by atoms with Gasteiger partial charge in [0.25, 0.3) is 0 Å². The van der Waals surface area contributed by atoms with E-state index in [1.807, 2.05) is 0 Å². The van der Waals surface area contributed by atoms with Crippen molar-refractivity contribution in [3.05, 3.63) is 40.1 Å². The first-order valence-electron chi connectivity index (χ1n) is 5.01. The lowest BCUT2D eigenvalue weighted by Crippen LogP contribution is -1.97. The number of hydrogen-bond donors (Lipinski definition) is 1. The van der Waals surface area contributed by atoms with Crippen LogP contribution >= 0.6 is 11.3 Å². The Morgan fingerprint density at radius 1 is 1.50 bits per heavy atom. The van der Waals surface area contributed by atoms with Crippen molar-refractivity contribution >= 4 is 17.3 Å². The number of aromatic carboxylic acids is 1. The molecule has 0 radical (unpaired) electrons. The maximum absolute atomic E-state index is 10.6. The highest BCUT2D eigenvalue weighted by Crippen LogP contribution is 2.18. The van der Waals surface area contributed by atoms with Crippen molar-refractivity contribution in [2.75, 3.05) is 0 Å². The van der Waals surface area contributed by atoms with Crippen LogP contribution in [-0.2, 0) is 13.0 Å². The quantitative estimate of drug-likeness (QED) is 0.885. The molecule has 0 aliphatic rings. The Bertz CT molecular complexity index is 502. The highest BCUT2D eigenvalue weighted by atomic mass is 32.1.